The summed E-state index contributed by atoms with van der Waals surface area (Å²) < 4.78 is 0. The summed E-state index contributed by atoms with van der Waals surface area (Å²) in [5, 5.41) is 0. The predicted octanol–water partition coefficient (Wildman–Crippen LogP) is 0.789. The zero-order valence-corrected chi connectivity index (χ0v) is 11.2. The van der Waals surface area contributed by atoms with E-state index in [9.17, 15) is 0 Å². The number of nitrogens with one attached hydrogen (secondary N) is 1. The monoisotopic (exact) mass is 240 g/mol. The fourth-order valence-corrected chi connectivity index (χ4v) is 3.22. The highest BCUT2D eigenvalue weighted by Gasteiger charge is 2.35. The maximum absolute atomic E-state index is 5.75. The van der Waals surface area contributed by atoms with Crippen LogP contribution in [-0.2, 0) is 0 Å². The SMILES string of the molecule is CCCCCCC(NN)C1CN2CCN1CC2. The molecule has 0 aromatic rings. The van der Waals surface area contributed by atoms with Crippen LogP contribution in [0.15, 0.2) is 0 Å². The number of unbranched alkanes of at least 4 members (excludes halogenated alkanes) is 3. The molecular weight excluding hydrogens is 212 g/mol. The number of nitrogens with zero attached hydrogens (tertiary/aromatic N) is 2. The molecule has 0 saturated carbocycles. The lowest BCUT2D eigenvalue weighted by Gasteiger charge is -2.50. The van der Waals surface area contributed by atoms with Gasteiger partial charge in [-0.25, -0.2) is 0 Å². The first kappa shape index (κ1) is 13.3. The van der Waals surface area contributed by atoms with Crippen LogP contribution in [0.5, 0.6) is 0 Å². The topological polar surface area (TPSA) is 44.5 Å². The van der Waals surface area contributed by atoms with Crippen LogP contribution in [-0.4, -0.2) is 54.6 Å². The highest BCUT2D eigenvalue weighted by atomic mass is 15.4. The first-order valence-corrected chi connectivity index (χ1v) is 7.27. The Morgan fingerprint density at radius 2 is 1.94 bits per heavy atom. The Kier molecular flexibility index (Phi) is 5.22. The van der Waals surface area contributed by atoms with Gasteiger partial charge in [-0.15, -0.1) is 0 Å². The molecule has 4 nitrogen and oxygen atoms in total. The fourth-order valence-electron chi connectivity index (χ4n) is 3.22. The van der Waals surface area contributed by atoms with Crippen LogP contribution in [0.3, 0.4) is 0 Å². The van der Waals surface area contributed by atoms with Gasteiger partial charge in [0.2, 0.25) is 0 Å². The highest BCUT2D eigenvalue weighted by molar-refractivity contribution is 4.94. The Morgan fingerprint density at radius 3 is 2.47 bits per heavy atom. The van der Waals surface area contributed by atoms with Gasteiger partial charge in [0.15, 0.2) is 0 Å². The van der Waals surface area contributed by atoms with Gasteiger partial charge in [-0.1, -0.05) is 32.6 Å². The third-order valence-corrected chi connectivity index (χ3v) is 4.37. The molecule has 3 fully saturated rings. The van der Waals surface area contributed by atoms with E-state index in [4.69, 9.17) is 5.84 Å². The van der Waals surface area contributed by atoms with Crippen molar-refractivity contribution in [2.45, 2.75) is 51.1 Å². The van der Waals surface area contributed by atoms with Crippen molar-refractivity contribution in [3.05, 3.63) is 0 Å². The molecule has 3 saturated heterocycles. The lowest BCUT2D eigenvalue weighted by atomic mass is 9.96. The van der Waals surface area contributed by atoms with Crippen LogP contribution in [0.4, 0.5) is 0 Å². The summed E-state index contributed by atoms with van der Waals surface area (Å²) in [6.07, 6.45) is 6.56. The van der Waals surface area contributed by atoms with E-state index >= 15 is 0 Å². The highest BCUT2D eigenvalue weighted by Crippen LogP contribution is 2.20. The Hall–Kier alpha value is -0.160. The van der Waals surface area contributed by atoms with E-state index < -0.39 is 0 Å². The Balaban J connectivity index is 1.77. The number of fused-ring (bicyclic) bond motifs is 3. The van der Waals surface area contributed by atoms with E-state index in [0.717, 1.165) is 0 Å². The van der Waals surface area contributed by atoms with Crippen LogP contribution < -0.4 is 11.3 Å². The average molecular weight is 240 g/mol. The van der Waals surface area contributed by atoms with Gasteiger partial charge in [-0.2, -0.15) is 0 Å². The maximum Gasteiger partial charge on any atom is 0.0391 e. The van der Waals surface area contributed by atoms with Gasteiger partial charge in [-0.3, -0.25) is 21.1 Å². The molecule has 17 heavy (non-hydrogen) atoms. The molecule has 3 aliphatic heterocycles. The van der Waals surface area contributed by atoms with Gasteiger partial charge in [-0.05, 0) is 6.42 Å². The zero-order valence-electron chi connectivity index (χ0n) is 11.2. The summed E-state index contributed by atoms with van der Waals surface area (Å²) in [6.45, 7) is 8.45. The van der Waals surface area contributed by atoms with Crippen molar-refractivity contribution < 1.29 is 0 Å². The molecule has 2 unspecified atom stereocenters. The Labute approximate surface area is 105 Å². The molecule has 3 heterocycles. The molecule has 0 aromatic carbocycles. The molecule has 0 aliphatic carbocycles. The molecule has 0 amide bonds. The molecule has 100 valence electrons. The van der Waals surface area contributed by atoms with Crippen LogP contribution in [0, 0.1) is 0 Å². The van der Waals surface area contributed by atoms with E-state index in [1.54, 1.807) is 0 Å². The van der Waals surface area contributed by atoms with Crippen molar-refractivity contribution in [1.82, 2.24) is 15.2 Å². The summed E-state index contributed by atoms with van der Waals surface area (Å²) >= 11 is 0. The van der Waals surface area contributed by atoms with Crippen LogP contribution in [0.25, 0.3) is 0 Å². The number of piperazine rings is 3. The van der Waals surface area contributed by atoms with Crippen molar-refractivity contribution in [3.8, 4) is 0 Å². The molecule has 2 atom stereocenters. The number of rotatable bonds is 7. The predicted molar refractivity (Wildman–Crippen MR) is 71.7 cm³/mol. The molecule has 0 radical (unpaired) electrons. The van der Waals surface area contributed by atoms with Gasteiger partial charge >= 0.3 is 0 Å². The maximum atomic E-state index is 5.75. The second-order valence-electron chi connectivity index (χ2n) is 5.53. The summed E-state index contributed by atoms with van der Waals surface area (Å²) in [5.41, 5.74) is 3.07. The molecule has 0 spiro atoms. The van der Waals surface area contributed by atoms with E-state index in [0.29, 0.717) is 12.1 Å². The van der Waals surface area contributed by atoms with Crippen molar-refractivity contribution >= 4 is 0 Å². The molecule has 3 rings (SSSR count). The van der Waals surface area contributed by atoms with Crippen molar-refractivity contribution in [2.24, 2.45) is 5.84 Å². The Morgan fingerprint density at radius 1 is 1.18 bits per heavy atom. The normalized spacial score (nSPS) is 33.9. The first-order chi connectivity index (χ1) is 8.35. The lowest BCUT2D eigenvalue weighted by molar-refractivity contribution is -0.00484. The van der Waals surface area contributed by atoms with E-state index in [-0.39, 0.29) is 0 Å². The molecule has 2 bridgehead atoms. The van der Waals surface area contributed by atoms with Crippen LogP contribution in [0.2, 0.25) is 0 Å². The Bertz CT molecular complexity index is 213. The van der Waals surface area contributed by atoms with Crippen molar-refractivity contribution in [1.29, 1.82) is 0 Å². The standard InChI is InChI=1S/C13H28N4/c1-2-3-4-5-6-12(15-14)13-11-16-7-9-17(13)10-8-16/h12-13,15H,2-11,14H2,1H3. The van der Waals surface area contributed by atoms with Crippen LogP contribution >= 0.6 is 0 Å². The number of hydrogen-bond donors (Lipinski definition) is 2. The number of hydrogen-bond acceptors (Lipinski definition) is 4. The molecule has 3 aliphatic rings. The summed E-state index contributed by atoms with van der Waals surface area (Å²) in [7, 11) is 0. The zero-order chi connectivity index (χ0) is 12.1. The molecule has 4 heteroatoms. The molecule has 3 N–H and O–H groups in total. The van der Waals surface area contributed by atoms with E-state index in [2.05, 4.69) is 22.1 Å². The van der Waals surface area contributed by atoms with Crippen molar-refractivity contribution in [3.63, 3.8) is 0 Å². The quantitative estimate of drug-likeness (QED) is 0.392. The lowest BCUT2D eigenvalue weighted by Crippen LogP contribution is -2.67. The molecule has 0 aromatic heterocycles. The molecular formula is C13H28N4. The summed E-state index contributed by atoms with van der Waals surface area (Å²) in [4.78, 5) is 5.21. The largest absolute Gasteiger partial charge is 0.299 e. The van der Waals surface area contributed by atoms with Gasteiger partial charge < -0.3 is 0 Å². The second-order valence-corrected chi connectivity index (χ2v) is 5.53. The van der Waals surface area contributed by atoms with Gasteiger partial charge in [0.25, 0.3) is 0 Å². The summed E-state index contributed by atoms with van der Waals surface area (Å²) in [6, 6.07) is 1.12. The average Bonchev–Trinajstić information content (AvgIpc) is 2.40. The van der Waals surface area contributed by atoms with Gasteiger partial charge in [0.05, 0.1) is 0 Å². The minimum absolute atomic E-state index is 0.481. The number of nitrogens with two attached hydrogens (primary N) is 1. The fraction of sp³-hybridized carbons (Fsp3) is 1.00. The van der Waals surface area contributed by atoms with Crippen LogP contribution in [0.1, 0.15) is 39.0 Å². The first-order valence-electron chi connectivity index (χ1n) is 7.27. The second kappa shape index (κ2) is 6.69. The smallest absolute Gasteiger partial charge is 0.0391 e. The summed E-state index contributed by atoms with van der Waals surface area (Å²) in [5.74, 6) is 5.75. The third kappa shape index (κ3) is 3.41. The van der Waals surface area contributed by atoms with E-state index in [1.165, 1.54) is 64.8 Å². The third-order valence-electron chi connectivity index (χ3n) is 4.37. The number of hydrazine groups is 1. The van der Waals surface area contributed by atoms with Gasteiger partial charge in [0, 0.05) is 44.8 Å². The minimum atomic E-state index is 0.481. The minimum Gasteiger partial charge on any atom is -0.299 e. The van der Waals surface area contributed by atoms with Crippen molar-refractivity contribution in [2.75, 3.05) is 32.7 Å². The van der Waals surface area contributed by atoms with E-state index in [1.807, 2.05) is 0 Å². The van der Waals surface area contributed by atoms with Gasteiger partial charge in [0.1, 0.15) is 0 Å².